The highest BCUT2D eigenvalue weighted by Gasteiger charge is 2.35. The molecule has 0 spiro atoms. The lowest BCUT2D eigenvalue weighted by atomic mass is 9.84. The summed E-state index contributed by atoms with van der Waals surface area (Å²) in [6, 6.07) is 0.284. The lowest BCUT2D eigenvalue weighted by Crippen LogP contribution is -2.53. The third kappa shape index (κ3) is 2.24. The van der Waals surface area contributed by atoms with Crippen molar-refractivity contribution in [3.8, 4) is 0 Å². The first-order chi connectivity index (χ1) is 9.56. The monoisotopic (exact) mass is 276 g/mol. The largest absolute Gasteiger partial charge is 0.478 e. The van der Waals surface area contributed by atoms with Crippen molar-refractivity contribution in [3.63, 3.8) is 0 Å². The summed E-state index contributed by atoms with van der Waals surface area (Å²) in [6.07, 6.45) is 2.36. The van der Waals surface area contributed by atoms with Crippen LogP contribution in [0.1, 0.15) is 34.5 Å². The Hall–Kier alpha value is -1.69. The summed E-state index contributed by atoms with van der Waals surface area (Å²) in [7, 11) is 0. The summed E-state index contributed by atoms with van der Waals surface area (Å²) in [4.78, 5) is 13.9. The van der Waals surface area contributed by atoms with Crippen LogP contribution in [0.5, 0.6) is 0 Å². The van der Waals surface area contributed by atoms with Crippen molar-refractivity contribution < 1.29 is 9.90 Å². The number of carboxylic acids is 1. The van der Waals surface area contributed by atoms with Gasteiger partial charge < -0.3 is 15.3 Å². The first-order valence-corrected chi connectivity index (χ1v) is 7.12. The Morgan fingerprint density at radius 1 is 1.30 bits per heavy atom. The maximum atomic E-state index is 11.5. The number of nitrogens with zero attached hydrogens (tertiary/aromatic N) is 3. The van der Waals surface area contributed by atoms with Gasteiger partial charge >= 0.3 is 5.97 Å². The van der Waals surface area contributed by atoms with Crippen molar-refractivity contribution in [2.24, 2.45) is 5.92 Å². The first-order valence-electron chi connectivity index (χ1n) is 7.12. The number of aromatic nitrogens is 2. The molecule has 2 N–H and O–H groups in total. The van der Waals surface area contributed by atoms with Crippen LogP contribution in [0.3, 0.4) is 0 Å². The molecule has 2 bridgehead atoms. The lowest BCUT2D eigenvalue weighted by Gasteiger charge is -2.45. The van der Waals surface area contributed by atoms with Gasteiger partial charge in [0, 0.05) is 12.6 Å². The van der Waals surface area contributed by atoms with Crippen LogP contribution in [0.15, 0.2) is 0 Å². The molecule has 1 atom stereocenters. The van der Waals surface area contributed by atoms with E-state index in [0.29, 0.717) is 23.0 Å². The van der Waals surface area contributed by atoms with Crippen molar-refractivity contribution >= 4 is 11.8 Å². The fourth-order valence-electron chi connectivity index (χ4n) is 3.28. The van der Waals surface area contributed by atoms with E-state index in [-0.39, 0.29) is 11.6 Å². The molecule has 20 heavy (non-hydrogen) atoms. The molecular weight excluding hydrogens is 256 g/mol. The summed E-state index contributed by atoms with van der Waals surface area (Å²) in [5.41, 5.74) is 1.62. The van der Waals surface area contributed by atoms with Gasteiger partial charge in [-0.05, 0) is 51.3 Å². The van der Waals surface area contributed by atoms with E-state index in [1.807, 2.05) is 0 Å². The quantitative estimate of drug-likeness (QED) is 0.866. The zero-order valence-corrected chi connectivity index (χ0v) is 11.9. The van der Waals surface area contributed by atoms with Gasteiger partial charge in [-0.25, -0.2) is 4.79 Å². The third-order valence-corrected chi connectivity index (χ3v) is 4.65. The molecule has 1 unspecified atom stereocenters. The van der Waals surface area contributed by atoms with Crippen molar-refractivity contribution in [2.75, 3.05) is 25.0 Å². The molecule has 3 aliphatic rings. The topological polar surface area (TPSA) is 78.4 Å². The number of anilines is 1. The minimum Gasteiger partial charge on any atom is -0.478 e. The average Bonchev–Trinajstić information content (AvgIpc) is 2.44. The van der Waals surface area contributed by atoms with Gasteiger partial charge in [0.2, 0.25) is 0 Å². The highest BCUT2D eigenvalue weighted by molar-refractivity contribution is 5.94. The maximum absolute atomic E-state index is 11.5. The van der Waals surface area contributed by atoms with Gasteiger partial charge in [-0.15, -0.1) is 5.10 Å². The number of hydrogen-bond acceptors (Lipinski definition) is 5. The van der Waals surface area contributed by atoms with Gasteiger partial charge in [0.15, 0.2) is 5.82 Å². The fourth-order valence-corrected chi connectivity index (χ4v) is 3.28. The molecule has 3 saturated heterocycles. The van der Waals surface area contributed by atoms with E-state index >= 15 is 0 Å². The molecule has 0 amide bonds. The second-order valence-corrected chi connectivity index (χ2v) is 5.83. The molecule has 0 saturated carbocycles. The van der Waals surface area contributed by atoms with Gasteiger partial charge in [0.1, 0.15) is 5.56 Å². The van der Waals surface area contributed by atoms with E-state index in [1.54, 1.807) is 13.8 Å². The van der Waals surface area contributed by atoms with Crippen LogP contribution >= 0.6 is 0 Å². The van der Waals surface area contributed by atoms with Crippen LogP contribution < -0.4 is 5.32 Å². The number of carboxylic acid groups (broad SMARTS) is 1. The van der Waals surface area contributed by atoms with Crippen molar-refractivity contribution in [1.29, 1.82) is 0 Å². The van der Waals surface area contributed by atoms with E-state index in [9.17, 15) is 9.90 Å². The summed E-state index contributed by atoms with van der Waals surface area (Å²) in [5, 5.41) is 20.9. The zero-order valence-electron chi connectivity index (χ0n) is 11.9. The Morgan fingerprint density at radius 2 is 2.00 bits per heavy atom. The van der Waals surface area contributed by atoms with Crippen LogP contribution in [0.25, 0.3) is 0 Å². The van der Waals surface area contributed by atoms with E-state index in [4.69, 9.17) is 0 Å². The normalized spacial score (nSPS) is 28.4. The van der Waals surface area contributed by atoms with Crippen molar-refractivity contribution in [2.45, 2.75) is 32.7 Å². The van der Waals surface area contributed by atoms with Crippen LogP contribution in [-0.4, -0.2) is 51.8 Å². The Labute approximate surface area is 118 Å². The summed E-state index contributed by atoms with van der Waals surface area (Å²) >= 11 is 0. The highest BCUT2D eigenvalue weighted by atomic mass is 16.4. The predicted molar refractivity (Wildman–Crippen MR) is 75.0 cm³/mol. The maximum Gasteiger partial charge on any atom is 0.339 e. The van der Waals surface area contributed by atoms with E-state index in [0.717, 1.165) is 19.6 Å². The fraction of sp³-hybridized carbons (Fsp3) is 0.643. The second kappa shape index (κ2) is 5.01. The molecule has 4 rings (SSSR count). The minimum atomic E-state index is -0.940. The molecule has 6 nitrogen and oxygen atoms in total. The van der Waals surface area contributed by atoms with E-state index < -0.39 is 5.97 Å². The predicted octanol–water partition coefficient (Wildman–Crippen LogP) is 1.30. The highest BCUT2D eigenvalue weighted by Crippen LogP contribution is 2.30. The number of hydrogen-bond donors (Lipinski definition) is 2. The average molecular weight is 276 g/mol. The Bertz CT molecular complexity index is 538. The number of rotatable bonds is 3. The van der Waals surface area contributed by atoms with Gasteiger partial charge in [0.25, 0.3) is 0 Å². The first kappa shape index (κ1) is 13.3. The van der Waals surface area contributed by atoms with E-state index in [1.165, 1.54) is 12.8 Å². The van der Waals surface area contributed by atoms with Gasteiger partial charge in [-0.3, -0.25) is 0 Å². The van der Waals surface area contributed by atoms with Crippen LogP contribution in [-0.2, 0) is 0 Å². The molecule has 3 fully saturated rings. The lowest BCUT2D eigenvalue weighted by molar-refractivity contribution is 0.0695. The second-order valence-electron chi connectivity index (χ2n) is 5.83. The SMILES string of the molecule is Cc1nnc(NC2CN3CCC2CC3)c(C(=O)O)c1C. The van der Waals surface area contributed by atoms with Crippen LogP contribution in [0.4, 0.5) is 5.82 Å². The summed E-state index contributed by atoms with van der Waals surface area (Å²) in [5.74, 6) is 0.0914. The van der Waals surface area contributed by atoms with Gasteiger partial charge in [-0.1, -0.05) is 0 Å². The molecule has 3 aliphatic heterocycles. The van der Waals surface area contributed by atoms with Gasteiger partial charge in [0.05, 0.1) is 5.69 Å². The van der Waals surface area contributed by atoms with Crippen molar-refractivity contribution in [1.82, 2.24) is 15.1 Å². The Morgan fingerprint density at radius 3 is 2.55 bits per heavy atom. The Kier molecular flexibility index (Phi) is 3.33. The standard InChI is InChI=1S/C14H20N4O2/c1-8-9(2)16-17-13(12(8)14(19)20)15-11-7-18-5-3-10(11)4-6-18/h10-11H,3-7H2,1-2H3,(H,15,17)(H,19,20). The number of nitrogens with one attached hydrogen (secondary N) is 1. The molecular formula is C14H20N4O2. The number of carbonyl (C=O) groups is 1. The number of piperidine rings is 3. The summed E-state index contributed by atoms with van der Waals surface area (Å²) in [6.45, 7) is 6.86. The molecule has 0 aromatic carbocycles. The molecule has 108 valence electrons. The smallest absolute Gasteiger partial charge is 0.339 e. The van der Waals surface area contributed by atoms with Crippen LogP contribution in [0.2, 0.25) is 0 Å². The minimum absolute atomic E-state index is 0.258. The zero-order chi connectivity index (χ0) is 14.3. The summed E-state index contributed by atoms with van der Waals surface area (Å²) < 4.78 is 0. The van der Waals surface area contributed by atoms with Crippen molar-refractivity contribution in [3.05, 3.63) is 16.8 Å². The Balaban J connectivity index is 1.87. The van der Waals surface area contributed by atoms with E-state index in [2.05, 4.69) is 20.4 Å². The number of aromatic carboxylic acids is 1. The molecule has 1 aromatic heterocycles. The molecule has 1 aromatic rings. The molecule has 0 aliphatic carbocycles. The molecule has 4 heterocycles. The van der Waals surface area contributed by atoms with Crippen LogP contribution in [0, 0.1) is 19.8 Å². The number of aryl methyl sites for hydroxylation is 1. The number of fused-ring (bicyclic) bond motifs is 3. The third-order valence-electron chi connectivity index (χ3n) is 4.65. The van der Waals surface area contributed by atoms with Gasteiger partial charge in [-0.2, -0.15) is 5.10 Å². The molecule has 6 heteroatoms. The molecule has 0 radical (unpaired) electrons.